The molecule has 6 heteroatoms. The van der Waals surface area contributed by atoms with Gasteiger partial charge in [0.1, 0.15) is 5.69 Å². The predicted molar refractivity (Wildman–Crippen MR) is 69.3 cm³/mol. The molecule has 1 heterocycles. The fourth-order valence-electron chi connectivity index (χ4n) is 1.88. The Morgan fingerprint density at radius 1 is 1.33 bits per heavy atom. The zero-order valence-corrected chi connectivity index (χ0v) is 11.8. The van der Waals surface area contributed by atoms with Gasteiger partial charge in [-0.25, -0.2) is 4.68 Å². The summed E-state index contributed by atoms with van der Waals surface area (Å²) in [5, 5.41) is 11.5. The minimum atomic E-state index is 0.00535. The summed E-state index contributed by atoms with van der Waals surface area (Å²) < 4.78 is 12.4. The second kappa shape index (κ2) is 8.18. The third-order valence-corrected chi connectivity index (χ3v) is 2.90. The normalized spacial score (nSPS) is 12.9. The predicted octanol–water partition coefficient (Wildman–Crippen LogP) is 1.13. The van der Waals surface area contributed by atoms with E-state index in [1.807, 2.05) is 18.7 Å². The van der Waals surface area contributed by atoms with Crippen LogP contribution in [0, 0.1) is 0 Å². The third kappa shape index (κ3) is 4.04. The van der Waals surface area contributed by atoms with Gasteiger partial charge in [0.25, 0.3) is 0 Å². The molecule has 0 saturated heterocycles. The zero-order chi connectivity index (χ0) is 13.4. The molecule has 0 saturated carbocycles. The smallest absolute Gasteiger partial charge is 0.102 e. The molecule has 0 bridgehead atoms. The van der Waals surface area contributed by atoms with E-state index >= 15 is 0 Å². The van der Waals surface area contributed by atoms with Crippen molar-refractivity contribution in [1.82, 2.24) is 20.3 Å². The number of rotatable bonds is 9. The van der Waals surface area contributed by atoms with Gasteiger partial charge in [0, 0.05) is 33.9 Å². The van der Waals surface area contributed by atoms with Crippen LogP contribution in [0.2, 0.25) is 0 Å². The maximum Gasteiger partial charge on any atom is 0.102 e. The lowest BCUT2D eigenvalue weighted by Crippen LogP contribution is -2.14. The fourth-order valence-corrected chi connectivity index (χ4v) is 1.88. The molecule has 1 aromatic rings. The zero-order valence-electron chi connectivity index (χ0n) is 11.8. The molecule has 1 rings (SSSR count). The molecule has 0 spiro atoms. The van der Waals surface area contributed by atoms with Crippen LogP contribution in [-0.2, 0) is 22.6 Å². The number of methoxy groups -OCH3 is 2. The van der Waals surface area contributed by atoms with E-state index in [4.69, 9.17) is 9.47 Å². The first kappa shape index (κ1) is 15.1. The molecular formula is C12H24N4O2. The highest BCUT2D eigenvalue weighted by atomic mass is 16.5. The third-order valence-electron chi connectivity index (χ3n) is 2.90. The van der Waals surface area contributed by atoms with Crippen molar-refractivity contribution in [3.8, 4) is 0 Å². The lowest BCUT2D eigenvalue weighted by atomic mass is 10.2. The number of ether oxygens (including phenoxy) is 2. The maximum absolute atomic E-state index is 5.40. The SMILES string of the molecule is CNCc1nnn(CCCCOC)c1C(C)OC. The Labute approximate surface area is 109 Å². The highest BCUT2D eigenvalue weighted by Gasteiger charge is 2.17. The van der Waals surface area contributed by atoms with Crippen LogP contribution in [0.1, 0.15) is 37.3 Å². The van der Waals surface area contributed by atoms with Gasteiger partial charge in [-0.05, 0) is 26.8 Å². The second-order valence-corrected chi connectivity index (χ2v) is 4.25. The second-order valence-electron chi connectivity index (χ2n) is 4.25. The summed E-state index contributed by atoms with van der Waals surface area (Å²) >= 11 is 0. The number of nitrogens with one attached hydrogen (secondary N) is 1. The Bertz CT molecular complexity index is 341. The molecule has 0 fully saturated rings. The summed E-state index contributed by atoms with van der Waals surface area (Å²) in [7, 11) is 5.33. The van der Waals surface area contributed by atoms with Crippen molar-refractivity contribution in [2.45, 2.75) is 39.0 Å². The van der Waals surface area contributed by atoms with Crippen LogP contribution in [0.15, 0.2) is 0 Å². The first-order valence-electron chi connectivity index (χ1n) is 6.33. The van der Waals surface area contributed by atoms with Gasteiger partial charge in [0.15, 0.2) is 0 Å². The van der Waals surface area contributed by atoms with E-state index in [1.54, 1.807) is 14.2 Å². The number of hydrogen-bond acceptors (Lipinski definition) is 5. The molecule has 0 aliphatic rings. The van der Waals surface area contributed by atoms with E-state index in [2.05, 4.69) is 15.6 Å². The van der Waals surface area contributed by atoms with Gasteiger partial charge in [0.2, 0.25) is 0 Å². The number of aryl methyl sites for hydroxylation is 1. The molecule has 0 amide bonds. The molecule has 0 radical (unpaired) electrons. The first-order chi connectivity index (χ1) is 8.74. The molecule has 6 nitrogen and oxygen atoms in total. The monoisotopic (exact) mass is 256 g/mol. The fraction of sp³-hybridized carbons (Fsp3) is 0.833. The lowest BCUT2D eigenvalue weighted by molar-refractivity contribution is 0.110. The first-order valence-corrected chi connectivity index (χ1v) is 6.33. The van der Waals surface area contributed by atoms with Crippen LogP contribution < -0.4 is 5.32 Å². The summed E-state index contributed by atoms with van der Waals surface area (Å²) in [5.41, 5.74) is 2.02. The lowest BCUT2D eigenvalue weighted by Gasteiger charge is -2.13. The van der Waals surface area contributed by atoms with Crippen LogP contribution in [0.3, 0.4) is 0 Å². The summed E-state index contributed by atoms with van der Waals surface area (Å²) in [6.45, 7) is 4.36. The van der Waals surface area contributed by atoms with Crippen molar-refractivity contribution in [2.24, 2.45) is 0 Å². The minimum Gasteiger partial charge on any atom is -0.385 e. The molecule has 104 valence electrons. The highest BCUT2D eigenvalue weighted by Crippen LogP contribution is 2.19. The molecule has 1 atom stereocenters. The molecule has 0 aliphatic carbocycles. The van der Waals surface area contributed by atoms with Crippen molar-refractivity contribution >= 4 is 0 Å². The molecular weight excluding hydrogens is 232 g/mol. The summed E-state index contributed by atoms with van der Waals surface area (Å²) in [6.07, 6.45) is 2.06. The average Bonchev–Trinajstić information content (AvgIpc) is 2.77. The Hall–Kier alpha value is -0.980. The quantitative estimate of drug-likeness (QED) is 0.671. The Balaban J connectivity index is 2.70. The van der Waals surface area contributed by atoms with Gasteiger partial charge in [-0.2, -0.15) is 0 Å². The highest BCUT2D eigenvalue weighted by molar-refractivity contribution is 5.12. The molecule has 1 aromatic heterocycles. The number of aromatic nitrogens is 3. The topological polar surface area (TPSA) is 61.2 Å². The van der Waals surface area contributed by atoms with Crippen LogP contribution in [0.4, 0.5) is 0 Å². The standard InChI is InChI=1S/C12H24N4O2/c1-10(18-4)12-11(9-13-2)14-15-16(12)7-5-6-8-17-3/h10,13H,5-9H2,1-4H3. The van der Waals surface area contributed by atoms with Crippen molar-refractivity contribution in [3.63, 3.8) is 0 Å². The molecule has 1 N–H and O–H groups in total. The van der Waals surface area contributed by atoms with Gasteiger partial charge < -0.3 is 14.8 Å². The minimum absolute atomic E-state index is 0.00535. The molecule has 0 aliphatic heterocycles. The van der Waals surface area contributed by atoms with Crippen molar-refractivity contribution in [3.05, 3.63) is 11.4 Å². The van der Waals surface area contributed by atoms with Crippen molar-refractivity contribution in [2.75, 3.05) is 27.9 Å². The van der Waals surface area contributed by atoms with Gasteiger partial charge in [-0.3, -0.25) is 0 Å². The summed E-state index contributed by atoms with van der Waals surface area (Å²) in [4.78, 5) is 0. The molecule has 0 aromatic carbocycles. The van der Waals surface area contributed by atoms with Crippen molar-refractivity contribution < 1.29 is 9.47 Å². The van der Waals surface area contributed by atoms with Gasteiger partial charge >= 0.3 is 0 Å². The van der Waals surface area contributed by atoms with Gasteiger partial charge in [-0.1, -0.05) is 5.21 Å². The largest absolute Gasteiger partial charge is 0.385 e. The van der Waals surface area contributed by atoms with E-state index in [0.717, 1.165) is 37.4 Å². The van der Waals surface area contributed by atoms with E-state index in [-0.39, 0.29) is 6.10 Å². The Kier molecular flexibility index (Phi) is 6.85. The number of unbranched alkanes of at least 4 members (excludes halogenated alkanes) is 1. The van der Waals surface area contributed by atoms with E-state index in [9.17, 15) is 0 Å². The number of hydrogen-bond donors (Lipinski definition) is 1. The van der Waals surface area contributed by atoms with E-state index in [1.165, 1.54) is 0 Å². The van der Waals surface area contributed by atoms with E-state index < -0.39 is 0 Å². The van der Waals surface area contributed by atoms with Gasteiger partial charge in [-0.15, -0.1) is 5.10 Å². The van der Waals surface area contributed by atoms with Crippen molar-refractivity contribution in [1.29, 1.82) is 0 Å². The Morgan fingerprint density at radius 2 is 2.11 bits per heavy atom. The summed E-state index contributed by atoms with van der Waals surface area (Å²) in [6, 6.07) is 0. The van der Waals surface area contributed by atoms with E-state index in [0.29, 0.717) is 6.54 Å². The van der Waals surface area contributed by atoms with Crippen LogP contribution in [-0.4, -0.2) is 42.9 Å². The Morgan fingerprint density at radius 3 is 2.72 bits per heavy atom. The molecule has 1 unspecified atom stereocenters. The maximum atomic E-state index is 5.40. The molecule has 18 heavy (non-hydrogen) atoms. The van der Waals surface area contributed by atoms with Gasteiger partial charge in [0.05, 0.1) is 11.8 Å². The van der Waals surface area contributed by atoms with Crippen LogP contribution >= 0.6 is 0 Å². The van der Waals surface area contributed by atoms with Crippen LogP contribution in [0.25, 0.3) is 0 Å². The van der Waals surface area contributed by atoms with Crippen LogP contribution in [0.5, 0.6) is 0 Å². The average molecular weight is 256 g/mol. The summed E-state index contributed by atoms with van der Waals surface area (Å²) in [5.74, 6) is 0. The number of nitrogens with zero attached hydrogens (tertiary/aromatic N) is 3.